The van der Waals surface area contributed by atoms with Gasteiger partial charge in [0.15, 0.2) is 0 Å². The Hall–Kier alpha value is 0.792. The number of nitrogens with two attached hydrogens (primary N) is 4. The molecule has 10 heavy (non-hydrogen) atoms. The van der Waals surface area contributed by atoms with Gasteiger partial charge in [-0.3, -0.25) is 0 Å². The predicted molar refractivity (Wildman–Crippen MR) is 36.2 cm³/mol. The smallest absolute Gasteiger partial charge is 1.00 e. The van der Waals surface area contributed by atoms with E-state index in [-0.39, 0.29) is 32.8 Å². The zero-order valence-corrected chi connectivity index (χ0v) is 8.14. The van der Waals surface area contributed by atoms with E-state index in [1.54, 1.807) is 0 Å². The van der Waals surface area contributed by atoms with Crippen LogP contribution in [0.5, 0.6) is 0 Å². The molecule has 0 fully saturated rings. The van der Waals surface area contributed by atoms with E-state index in [1.165, 1.54) is 0 Å². The summed E-state index contributed by atoms with van der Waals surface area (Å²) in [6.07, 6.45) is 0. The van der Waals surface area contributed by atoms with Gasteiger partial charge in [0, 0.05) is 26.2 Å². The minimum atomic E-state index is 0. The maximum atomic E-state index is 4.90. The second-order valence-corrected chi connectivity index (χ2v) is 1.15. The van der Waals surface area contributed by atoms with Crippen molar-refractivity contribution in [3.63, 3.8) is 0 Å². The molecule has 0 aromatic rings. The molecule has 0 atom stereocenters. The summed E-state index contributed by atoms with van der Waals surface area (Å²) in [5.41, 5.74) is 19.6. The van der Waals surface area contributed by atoms with Gasteiger partial charge >= 0.3 is 20.4 Å². The molecular weight excluding hydrogens is 246 g/mol. The Morgan fingerprint density at radius 1 is 0.600 bits per heavy atom. The van der Waals surface area contributed by atoms with Gasteiger partial charge in [0.25, 0.3) is 0 Å². The largest absolute Gasteiger partial charge is 2.00 e. The van der Waals surface area contributed by atoms with E-state index >= 15 is 0 Å². The van der Waals surface area contributed by atoms with Crippen molar-refractivity contribution >= 4 is 0 Å². The molecule has 6 heteroatoms. The van der Waals surface area contributed by atoms with E-state index in [4.69, 9.17) is 22.9 Å². The van der Waals surface area contributed by atoms with Crippen LogP contribution in [0.15, 0.2) is 0 Å². The first-order chi connectivity index (χ1) is 3.83. The molecule has 68 valence electrons. The number of hydrogen-bond acceptors (Lipinski definition) is 4. The van der Waals surface area contributed by atoms with Gasteiger partial charge in [-0.05, 0) is 0 Å². The molecule has 0 aliphatic heterocycles. The summed E-state index contributed by atoms with van der Waals surface area (Å²) in [6, 6.07) is 0. The minimum absolute atomic E-state index is 0. The van der Waals surface area contributed by atoms with E-state index in [0.717, 1.165) is 0 Å². The SMILES string of the molecule is NCCN.NCCN.[Cl-].[Pd+2]. The molecule has 0 bridgehead atoms. The van der Waals surface area contributed by atoms with Crippen LogP contribution in [0.4, 0.5) is 0 Å². The minimum Gasteiger partial charge on any atom is -1.00 e. The van der Waals surface area contributed by atoms with Gasteiger partial charge in [0.2, 0.25) is 0 Å². The van der Waals surface area contributed by atoms with E-state index in [2.05, 4.69) is 0 Å². The summed E-state index contributed by atoms with van der Waals surface area (Å²) in [5, 5.41) is 0. The summed E-state index contributed by atoms with van der Waals surface area (Å²) in [6.45, 7) is 2.39. The molecule has 0 amide bonds. The van der Waals surface area contributed by atoms with Crippen LogP contribution < -0.4 is 35.3 Å². The summed E-state index contributed by atoms with van der Waals surface area (Å²) in [4.78, 5) is 0. The zero-order valence-electron chi connectivity index (χ0n) is 5.83. The van der Waals surface area contributed by atoms with Crippen LogP contribution in [0.1, 0.15) is 0 Å². The predicted octanol–water partition coefficient (Wildman–Crippen LogP) is -5.19. The summed E-state index contributed by atoms with van der Waals surface area (Å²) >= 11 is 0. The fraction of sp³-hybridized carbons (Fsp3) is 1.00. The first-order valence-corrected chi connectivity index (χ1v) is 2.63. The van der Waals surface area contributed by atoms with E-state index in [1.807, 2.05) is 0 Å². The molecular formula is C4H16ClN4Pd+. The molecule has 0 aliphatic rings. The topological polar surface area (TPSA) is 104 Å². The monoisotopic (exact) mass is 261 g/mol. The van der Waals surface area contributed by atoms with Crippen LogP contribution in [-0.4, -0.2) is 26.2 Å². The molecule has 8 N–H and O–H groups in total. The van der Waals surface area contributed by atoms with Gasteiger partial charge in [-0.1, -0.05) is 0 Å². The first kappa shape index (κ1) is 22.4. The summed E-state index contributed by atoms with van der Waals surface area (Å²) in [5.74, 6) is 0. The van der Waals surface area contributed by atoms with Gasteiger partial charge in [-0.2, -0.15) is 0 Å². The van der Waals surface area contributed by atoms with Gasteiger partial charge in [0.05, 0.1) is 0 Å². The van der Waals surface area contributed by atoms with E-state index in [0.29, 0.717) is 26.2 Å². The molecule has 0 saturated heterocycles. The molecule has 4 nitrogen and oxygen atoms in total. The van der Waals surface area contributed by atoms with Gasteiger partial charge in [-0.15, -0.1) is 0 Å². The summed E-state index contributed by atoms with van der Waals surface area (Å²) in [7, 11) is 0. The molecule has 0 aromatic carbocycles. The van der Waals surface area contributed by atoms with Gasteiger partial charge in [0.1, 0.15) is 0 Å². The molecule has 0 aliphatic carbocycles. The fourth-order valence-corrected chi connectivity index (χ4v) is 0. The Balaban J connectivity index is -0.0000000300. The molecule has 0 aromatic heterocycles. The number of halogens is 1. The Morgan fingerprint density at radius 3 is 0.700 bits per heavy atom. The van der Waals surface area contributed by atoms with Crippen LogP contribution in [0, 0.1) is 0 Å². The van der Waals surface area contributed by atoms with Crippen LogP contribution in [0.25, 0.3) is 0 Å². The van der Waals surface area contributed by atoms with Crippen molar-refractivity contribution in [1.29, 1.82) is 0 Å². The maximum absolute atomic E-state index is 4.90. The molecule has 0 spiro atoms. The first-order valence-electron chi connectivity index (χ1n) is 2.63. The molecule has 0 radical (unpaired) electrons. The van der Waals surface area contributed by atoms with E-state index < -0.39 is 0 Å². The normalized spacial score (nSPS) is 6.00. The van der Waals surface area contributed by atoms with Gasteiger partial charge in [-0.25, -0.2) is 0 Å². The average Bonchev–Trinajstić information content (AvgIpc) is 1.88. The third-order valence-corrected chi connectivity index (χ3v) is 0.333. The molecule has 0 saturated carbocycles. The average molecular weight is 262 g/mol. The van der Waals surface area contributed by atoms with Crippen molar-refractivity contribution in [2.45, 2.75) is 0 Å². The third-order valence-electron chi connectivity index (χ3n) is 0.333. The Morgan fingerprint density at radius 2 is 0.700 bits per heavy atom. The van der Waals surface area contributed by atoms with Gasteiger partial charge < -0.3 is 35.3 Å². The van der Waals surface area contributed by atoms with Crippen molar-refractivity contribution < 1.29 is 32.8 Å². The standard InChI is InChI=1S/2C2H8N2.ClH.Pd/c2*3-1-2-4;;/h2*1-4H2;1H;/q;;;+2/p-1. The molecule has 0 rings (SSSR count). The maximum Gasteiger partial charge on any atom is 2.00 e. The third kappa shape index (κ3) is 68.5. The zero-order chi connectivity index (χ0) is 6.83. The van der Waals surface area contributed by atoms with Crippen molar-refractivity contribution in [3.05, 3.63) is 0 Å². The van der Waals surface area contributed by atoms with Crippen LogP contribution in [0.2, 0.25) is 0 Å². The number of hydrogen-bond donors (Lipinski definition) is 4. The molecule has 0 unspecified atom stereocenters. The quantitative estimate of drug-likeness (QED) is 0.373. The van der Waals surface area contributed by atoms with E-state index in [9.17, 15) is 0 Å². The Labute approximate surface area is 82.1 Å². The van der Waals surface area contributed by atoms with Crippen LogP contribution in [0.3, 0.4) is 0 Å². The Kier molecular flexibility index (Phi) is 73.9. The van der Waals surface area contributed by atoms with Crippen molar-refractivity contribution in [3.8, 4) is 0 Å². The van der Waals surface area contributed by atoms with Crippen LogP contribution in [-0.2, 0) is 20.4 Å². The second-order valence-electron chi connectivity index (χ2n) is 1.15. The second kappa shape index (κ2) is 33.0. The van der Waals surface area contributed by atoms with Crippen molar-refractivity contribution in [1.82, 2.24) is 0 Å². The molecule has 0 heterocycles. The Bertz CT molecular complexity index is 25.2. The summed E-state index contributed by atoms with van der Waals surface area (Å²) < 4.78 is 0. The van der Waals surface area contributed by atoms with Crippen molar-refractivity contribution in [2.75, 3.05) is 26.2 Å². The number of rotatable bonds is 2. The van der Waals surface area contributed by atoms with Crippen molar-refractivity contribution in [2.24, 2.45) is 22.9 Å². The van der Waals surface area contributed by atoms with Crippen LogP contribution >= 0.6 is 0 Å². The fourth-order valence-electron chi connectivity index (χ4n) is 0.